The number of hydrogen-bond acceptors (Lipinski definition) is 5. The quantitative estimate of drug-likeness (QED) is 0.461. The van der Waals surface area contributed by atoms with Crippen LogP contribution >= 0.6 is 11.8 Å². The molecule has 0 saturated carbocycles. The first kappa shape index (κ1) is 13.7. The zero-order valence-corrected chi connectivity index (χ0v) is 11.8. The van der Waals surface area contributed by atoms with Gasteiger partial charge >= 0.3 is 0 Å². The Labute approximate surface area is 117 Å². The third-order valence-corrected chi connectivity index (χ3v) is 3.27. The molecular weight excluding hydrogens is 260 g/mol. The van der Waals surface area contributed by atoms with Crippen molar-refractivity contribution < 1.29 is 9.47 Å². The van der Waals surface area contributed by atoms with Crippen molar-refractivity contribution in [1.82, 2.24) is 9.97 Å². The molecule has 19 heavy (non-hydrogen) atoms. The van der Waals surface area contributed by atoms with E-state index in [4.69, 9.17) is 9.47 Å². The molecule has 0 radical (unpaired) electrons. The van der Waals surface area contributed by atoms with Gasteiger partial charge in [0.25, 0.3) is 0 Å². The van der Waals surface area contributed by atoms with E-state index in [1.54, 1.807) is 37.3 Å². The largest absolute Gasteiger partial charge is 0.493 e. The normalized spacial score (nSPS) is 10.2. The van der Waals surface area contributed by atoms with Crippen LogP contribution in [0.5, 0.6) is 11.5 Å². The van der Waals surface area contributed by atoms with Crippen LogP contribution in [0.1, 0.15) is 5.56 Å². The van der Waals surface area contributed by atoms with Crippen molar-refractivity contribution in [2.45, 2.75) is 12.1 Å². The molecule has 1 aromatic carbocycles. The van der Waals surface area contributed by atoms with E-state index < -0.39 is 0 Å². The van der Waals surface area contributed by atoms with Crippen LogP contribution in [0.4, 0.5) is 0 Å². The highest BCUT2D eigenvalue weighted by atomic mass is 32.2. The van der Waals surface area contributed by atoms with E-state index in [-0.39, 0.29) is 0 Å². The Morgan fingerprint density at radius 2 is 1.95 bits per heavy atom. The van der Waals surface area contributed by atoms with Crippen molar-refractivity contribution in [3.63, 3.8) is 0 Å². The molecule has 4 nitrogen and oxygen atoms in total. The summed E-state index contributed by atoms with van der Waals surface area (Å²) in [5.74, 6) is 2.32. The molecule has 0 spiro atoms. The second kappa shape index (κ2) is 6.99. The van der Waals surface area contributed by atoms with Gasteiger partial charge in [-0.3, -0.25) is 0 Å². The average Bonchev–Trinajstić information content (AvgIpc) is 2.46. The lowest BCUT2D eigenvalue weighted by atomic mass is 10.2. The molecular formula is C14H16N2O2S. The molecule has 5 heteroatoms. The Balaban J connectivity index is 1.83. The first-order chi connectivity index (χ1) is 9.29. The summed E-state index contributed by atoms with van der Waals surface area (Å²) in [6.45, 7) is 2.61. The zero-order chi connectivity index (χ0) is 13.5. The van der Waals surface area contributed by atoms with Crippen molar-refractivity contribution >= 4 is 11.8 Å². The summed E-state index contributed by atoms with van der Waals surface area (Å²) < 4.78 is 11.0. The monoisotopic (exact) mass is 276 g/mol. The van der Waals surface area contributed by atoms with Crippen LogP contribution in [0.3, 0.4) is 0 Å². The number of hydrogen-bond donors (Lipinski definition) is 0. The standard InChI is InChI=1S/C14H16N2O2S/c1-11-4-5-12(13(10-11)17-2)18-8-9-19-14-15-6-3-7-16-14/h3-7,10H,8-9H2,1-2H3. The highest BCUT2D eigenvalue weighted by Gasteiger charge is 2.04. The lowest BCUT2D eigenvalue weighted by Crippen LogP contribution is -2.02. The van der Waals surface area contributed by atoms with Gasteiger partial charge in [-0.1, -0.05) is 17.8 Å². The van der Waals surface area contributed by atoms with Crippen LogP contribution in [-0.2, 0) is 0 Å². The summed E-state index contributed by atoms with van der Waals surface area (Å²) in [6.07, 6.45) is 3.47. The Kier molecular flexibility index (Phi) is 5.03. The molecule has 0 aliphatic carbocycles. The Morgan fingerprint density at radius 1 is 1.16 bits per heavy atom. The third-order valence-electron chi connectivity index (χ3n) is 2.43. The number of aryl methyl sites for hydroxylation is 1. The molecule has 2 aromatic rings. The molecule has 0 saturated heterocycles. The molecule has 0 unspecified atom stereocenters. The molecule has 0 aliphatic heterocycles. The van der Waals surface area contributed by atoms with Crippen LogP contribution in [0.2, 0.25) is 0 Å². The van der Waals surface area contributed by atoms with Gasteiger partial charge in [0.2, 0.25) is 0 Å². The van der Waals surface area contributed by atoms with Gasteiger partial charge in [-0.15, -0.1) is 0 Å². The predicted octanol–water partition coefficient (Wildman–Crippen LogP) is 2.96. The maximum Gasteiger partial charge on any atom is 0.187 e. The number of methoxy groups -OCH3 is 1. The molecule has 2 rings (SSSR count). The number of aromatic nitrogens is 2. The van der Waals surface area contributed by atoms with E-state index in [9.17, 15) is 0 Å². The second-order valence-electron chi connectivity index (χ2n) is 3.88. The van der Waals surface area contributed by atoms with Crippen LogP contribution in [-0.4, -0.2) is 29.4 Å². The van der Waals surface area contributed by atoms with Gasteiger partial charge in [-0.05, 0) is 30.7 Å². The van der Waals surface area contributed by atoms with Gasteiger partial charge in [0.05, 0.1) is 13.7 Å². The molecule has 0 aliphatic rings. The minimum Gasteiger partial charge on any atom is -0.493 e. The molecule has 100 valence electrons. The molecule has 0 bridgehead atoms. The summed E-state index contributed by atoms with van der Waals surface area (Å²) in [5.41, 5.74) is 1.15. The fraction of sp³-hybridized carbons (Fsp3) is 0.286. The maximum atomic E-state index is 5.70. The molecule has 0 atom stereocenters. The minimum absolute atomic E-state index is 0.586. The van der Waals surface area contributed by atoms with Gasteiger partial charge in [-0.2, -0.15) is 0 Å². The van der Waals surface area contributed by atoms with Crippen molar-refractivity contribution in [1.29, 1.82) is 0 Å². The summed E-state index contributed by atoms with van der Waals surface area (Å²) >= 11 is 1.57. The van der Waals surface area contributed by atoms with Gasteiger partial charge in [0.1, 0.15) is 0 Å². The Morgan fingerprint density at radius 3 is 2.68 bits per heavy atom. The SMILES string of the molecule is COc1cc(C)ccc1OCCSc1ncccn1. The topological polar surface area (TPSA) is 44.2 Å². The number of rotatable bonds is 6. The molecule has 0 N–H and O–H groups in total. The van der Waals surface area contributed by atoms with Gasteiger partial charge in [0, 0.05) is 18.1 Å². The fourth-order valence-electron chi connectivity index (χ4n) is 1.54. The third kappa shape index (κ3) is 4.13. The predicted molar refractivity (Wildman–Crippen MR) is 76.0 cm³/mol. The fourth-order valence-corrected chi connectivity index (χ4v) is 2.16. The summed E-state index contributed by atoms with van der Waals surface area (Å²) in [7, 11) is 1.65. The number of ether oxygens (including phenoxy) is 2. The van der Waals surface area contributed by atoms with Crippen molar-refractivity contribution in [3.8, 4) is 11.5 Å². The molecule has 1 aromatic heterocycles. The Hall–Kier alpha value is -1.75. The highest BCUT2D eigenvalue weighted by molar-refractivity contribution is 7.99. The first-order valence-corrected chi connectivity index (χ1v) is 6.95. The van der Waals surface area contributed by atoms with E-state index in [0.717, 1.165) is 28.0 Å². The van der Waals surface area contributed by atoms with Gasteiger partial charge < -0.3 is 9.47 Å². The van der Waals surface area contributed by atoms with E-state index in [2.05, 4.69) is 9.97 Å². The average molecular weight is 276 g/mol. The number of thioether (sulfide) groups is 1. The van der Waals surface area contributed by atoms with E-state index in [0.29, 0.717) is 6.61 Å². The van der Waals surface area contributed by atoms with Crippen LogP contribution < -0.4 is 9.47 Å². The van der Waals surface area contributed by atoms with Crippen molar-refractivity contribution in [2.75, 3.05) is 19.5 Å². The number of benzene rings is 1. The Bertz CT molecular complexity index is 520. The molecule has 0 fully saturated rings. The molecule has 1 heterocycles. The number of nitrogens with zero attached hydrogens (tertiary/aromatic N) is 2. The van der Waals surface area contributed by atoms with Gasteiger partial charge in [-0.25, -0.2) is 9.97 Å². The van der Waals surface area contributed by atoms with Crippen LogP contribution in [0.15, 0.2) is 41.8 Å². The first-order valence-electron chi connectivity index (χ1n) is 5.97. The van der Waals surface area contributed by atoms with Crippen molar-refractivity contribution in [2.24, 2.45) is 0 Å². The van der Waals surface area contributed by atoms with Gasteiger partial charge in [0.15, 0.2) is 16.7 Å². The summed E-state index contributed by atoms with van der Waals surface area (Å²) in [5, 5.41) is 0.766. The maximum absolute atomic E-state index is 5.70. The highest BCUT2D eigenvalue weighted by Crippen LogP contribution is 2.27. The zero-order valence-electron chi connectivity index (χ0n) is 11.0. The van der Waals surface area contributed by atoms with E-state index in [1.807, 2.05) is 25.1 Å². The lowest BCUT2D eigenvalue weighted by Gasteiger charge is -2.10. The second-order valence-corrected chi connectivity index (χ2v) is 4.94. The summed E-state index contributed by atoms with van der Waals surface area (Å²) in [6, 6.07) is 7.70. The van der Waals surface area contributed by atoms with E-state index >= 15 is 0 Å². The van der Waals surface area contributed by atoms with E-state index in [1.165, 1.54) is 0 Å². The lowest BCUT2D eigenvalue weighted by molar-refractivity contribution is 0.313. The summed E-state index contributed by atoms with van der Waals surface area (Å²) in [4.78, 5) is 8.28. The van der Waals surface area contributed by atoms with Crippen molar-refractivity contribution in [3.05, 3.63) is 42.2 Å². The molecule has 0 amide bonds. The van der Waals surface area contributed by atoms with Crippen LogP contribution in [0.25, 0.3) is 0 Å². The smallest absolute Gasteiger partial charge is 0.187 e. The van der Waals surface area contributed by atoms with Crippen LogP contribution in [0, 0.1) is 6.92 Å². The minimum atomic E-state index is 0.586.